The first-order valence-electron chi connectivity index (χ1n) is 7.88. The molecule has 1 aromatic heterocycles. The van der Waals surface area contributed by atoms with Crippen LogP contribution in [-0.2, 0) is 19.4 Å². The van der Waals surface area contributed by atoms with Gasteiger partial charge in [0.25, 0.3) is 0 Å². The van der Waals surface area contributed by atoms with Gasteiger partial charge in [-0.15, -0.1) is 0 Å². The average molecular weight is 286 g/mol. The Kier molecular flexibility index (Phi) is 5.93. The summed E-state index contributed by atoms with van der Waals surface area (Å²) in [4.78, 5) is 4.40. The van der Waals surface area contributed by atoms with Crippen LogP contribution < -0.4 is 5.32 Å². The van der Waals surface area contributed by atoms with Gasteiger partial charge < -0.3 is 5.32 Å². The van der Waals surface area contributed by atoms with Crippen molar-refractivity contribution in [1.29, 1.82) is 0 Å². The molecule has 0 amide bonds. The highest BCUT2D eigenvalue weighted by molar-refractivity contribution is 5.22. The Morgan fingerprint density at radius 3 is 2.57 bits per heavy atom. The van der Waals surface area contributed by atoms with Crippen molar-refractivity contribution in [3.05, 3.63) is 47.5 Å². The lowest BCUT2D eigenvalue weighted by molar-refractivity contribution is 0.478. The second-order valence-electron chi connectivity index (χ2n) is 5.54. The largest absolute Gasteiger partial charge is 0.313 e. The van der Waals surface area contributed by atoms with Crippen molar-refractivity contribution >= 4 is 0 Å². The first kappa shape index (κ1) is 15.7. The number of hydrogen-bond acceptors (Lipinski definition) is 3. The lowest BCUT2D eigenvalue weighted by Crippen LogP contribution is -2.34. The van der Waals surface area contributed by atoms with Crippen molar-refractivity contribution in [2.24, 2.45) is 0 Å². The molecule has 1 atom stereocenters. The molecule has 0 saturated carbocycles. The standard InChI is InChI=1S/C17H26N4/c1-4-10-18-16(11-15-8-6-14(3)7-9-15)12-17-19-13-20-21(17)5-2/h6-9,13,16,18H,4-5,10-12H2,1-3H3. The summed E-state index contributed by atoms with van der Waals surface area (Å²) in [5, 5.41) is 7.91. The summed E-state index contributed by atoms with van der Waals surface area (Å²) >= 11 is 0. The monoisotopic (exact) mass is 286 g/mol. The fourth-order valence-electron chi connectivity index (χ4n) is 2.50. The highest BCUT2D eigenvalue weighted by Crippen LogP contribution is 2.09. The Labute approximate surface area is 127 Å². The molecule has 4 nitrogen and oxygen atoms in total. The molecule has 0 aliphatic carbocycles. The highest BCUT2D eigenvalue weighted by atomic mass is 15.3. The smallest absolute Gasteiger partial charge is 0.138 e. The van der Waals surface area contributed by atoms with E-state index in [1.807, 2.05) is 4.68 Å². The molecule has 0 aliphatic rings. The zero-order valence-corrected chi connectivity index (χ0v) is 13.3. The molecule has 0 radical (unpaired) electrons. The molecule has 1 aromatic carbocycles. The van der Waals surface area contributed by atoms with Gasteiger partial charge in [0.05, 0.1) is 0 Å². The molecule has 4 heteroatoms. The van der Waals surface area contributed by atoms with E-state index < -0.39 is 0 Å². The molecule has 21 heavy (non-hydrogen) atoms. The third kappa shape index (κ3) is 4.67. The van der Waals surface area contributed by atoms with Crippen LogP contribution in [0.2, 0.25) is 0 Å². The van der Waals surface area contributed by atoms with Gasteiger partial charge >= 0.3 is 0 Å². The topological polar surface area (TPSA) is 42.7 Å². The number of aromatic nitrogens is 3. The van der Waals surface area contributed by atoms with Crippen LogP contribution in [0.3, 0.4) is 0 Å². The Hall–Kier alpha value is -1.68. The lowest BCUT2D eigenvalue weighted by Gasteiger charge is -2.18. The lowest BCUT2D eigenvalue weighted by atomic mass is 10.0. The number of aryl methyl sites for hydroxylation is 2. The quantitative estimate of drug-likeness (QED) is 0.811. The van der Waals surface area contributed by atoms with Crippen LogP contribution in [0.1, 0.15) is 37.2 Å². The third-order valence-corrected chi connectivity index (χ3v) is 3.71. The van der Waals surface area contributed by atoms with Gasteiger partial charge in [-0.2, -0.15) is 5.10 Å². The maximum Gasteiger partial charge on any atom is 0.138 e. The van der Waals surface area contributed by atoms with E-state index in [-0.39, 0.29) is 0 Å². The van der Waals surface area contributed by atoms with Crippen LogP contribution in [0, 0.1) is 6.92 Å². The van der Waals surface area contributed by atoms with Crippen LogP contribution in [0.25, 0.3) is 0 Å². The van der Waals surface area contributed by atoms with Crippen LogP contribution in [-0.4, -0.2) is 27.4 Å². The fourth-order valence-corrected chi connectivity index (χ4v) is 2.50. The molecule has 2 aromatic rings. The Bertz CT molecular complexity index is 530. The van der Waals surface area contributed by atoms with Gasteiger partial charge in [-0.3, -0.25) is 4.68 Å². The summed E-state index contributed by atoms with van der Waals surface area (Å²) < 4.78 is 1.98. The van der Waals surface area contributed by atoms with Crippen LogP contribution in [0.15, 0.2) is 30.6 Å². The predicted molar refractivity (Wildman–Crippen MR) is 86.4 cm³/mol. The van der Waals surface area contributed by atoms with Crippen molar-refractivity contribution in [1.82, 2.24) is 20.1 Å². The van der Waals surface area contributed by atoms with E-state index >= 15 is 0 Å². The summed E-state index contributed by atoms with van der Waals surface area (Å²) in [6.07, 6.45) is 4.74. The van der Waals surface area contributed by atoms with Crippen molar-refractivity contribution in [2.45, 2.75) is 52.6 Å². The molecule has 2 rings (SSSR count). The van der Waals surface area contributed by atoms with E-state index in [9.17, 15) is 0 Å². The number of nitrogens with one attached hydrogen (secondary N) is 1. The molecule has 0 spiro atoms. The molecule has 0 bridgehead atoms. The Morgan fingerprint density at radius 2 is 1.90 bits per heavy atom. The minimum absolute atomic E-state index is 0.405. The zero-order chi connectivity index (χ0) is 15.1. The molecular formula is C17H26N4. The van der Waals surface area contributed by atoms with Crippen molar-refractivity contribution in [2.75, 3.05) is 6.54 Å². The van der Waals surface area contributed by atoms with Crippen LogP contribution in [0.5, 0.6) is 0 Å². The minimum atomic E-state index is 0.405. The highest BCUT2D eigenvalue weighted by Gasteiger charge is 2.13. The molecule has 114 valence electrons. The molecule has 0 saturated heterocycles. The van der Waals surface area contributed by atoms with E-state index in [0.29, 0.717) is 6.04 Å². The molecule has 1 N–H and O–H groups in total. The van der Waals surface area contributed by atoms with Gasteiger partial charge in [0.15, 0.2) is 0 Å². The number of rotatable bonds is 8. The van der Waals surface area contributed by atoms with E-state index in [4.69, 9.17) is 0 Å². The molecular weight excluding hydrogens is 260 g/mol. The molecule has 1 heterocycles. The van der Waals surface area contributed by atoms with Gasteiger partial charge in [-0.05, 0) is 38.8 Å². The minimum Gasteiger partial charge on any atom is -0.313 e. The van der Waals surface area contributed by atoms with E-state index in [0.717, 1.165) is 38.2 Å². The zero-order valence-electron chi connectivity index (χ0n) is 13.3. The predicted octanol–water partition coefficient (Wildman–Crippen LogP) is 2.76. The van der Waals surface area contributed by atoms with Gasteiger partial charge in [0.2, 0.25) is 0 Å². The third-order valence-electron chi connectivity index (χ3n) is 3.71. The number of benzene rings is 1. The summed E-state index contributed by atoms with van der Waals surface area (Å²) in [5.74, 6) is 1.07. The Balaban J connectivity index is 2.05. The normalized spacial score (nSPS) is 12.5. The summed E-state index contributed by atoms with van der Waals surface area (Å²) in [7, 11) is 0. The second-order valence-corrected chi connectivity index (χ2v) is 5.54. The number of nitrogens with zero attached hydrogens (tertiary/aromatic N) is 3. The fraction of sp³-hybridized carbons (Fsp3) is 0.529. The molecule has 1 unspecified atom stereocenters. The SMILES string of the molecule is CCCNC(Cc1ccc(C)cc1)Cc1ncnn1CC. The first-order valence-corrected chi connectivity index (χ1v) is 7.88. The van der Waals surface area contributed by atoms with Crippen molar-refractivity contribution in [3.63, 3.8) is 0 Å². The van der Waals surface area contributed by atoms with E-state index in [1.54, 1.807) is 6.33 Å². The van der Waals surface area contributed by atoms with Gasteiger partial charge in [0, 0.05) is 19.0 Å². The molecule has 0 aliphatic heterocycles. The molecule has 0 fully saturated rings. The van der Waals surface area contributed by atoms with Gasteiger partial charge in [0.1, 0.15) is 12.2 Å². The van der Waals surface area contributed by atoms with Crippen molar-refractivity contribution < 1.29 is 0 Å². The summed E-state index contributed by atoms with van der Waals surface area (Å²) in [6, 6.07) is 9.21. The average Bonchev–Trinajstić information content (AvgIpc) is 2.94. The van der Waals surface area contributed by atoms with E-state index in [1.165, 1.54) is 11.1 Å². The van der Waals surface area contributed by atoms with E-state index in [2.05, 4.69) is 60.4 Å². The Morgan fingerprint density at radius 1 is 1.14 bits per heavy atom. The second kappa shape index (κ2) is 7.93. The van der Waals surface area contributed by atoms with Gasteiger partial charge in [-0.1, -0.05) is 36.8 Å². The maximum absolute atomic E-state index is 4.40. The first-order chi connectivity index (χ1) is 10.2. The van der Waals surface area contributed by atoms with Crippen LogP contribution in [0.4, 0.5) is 0 Å². The van der Waals surface area contributed by atoms with Crippen molar-refractivity contribution in [3.8, 4) is 0 Å². The van der Waals surface area contributed by atoms with Gasteiger partial charge in [-0.25, -0.2) is 4.98 Å². The summed E-state index contributed by atoms with van der Waals surface area (Å²) in [5.41, 5.74) is 2.68. The summed E-state index contributed by atoms with van der Waals surface area (Å²) in [6.45, 7) is 8.34. The number of hydrogen-bond donors (Lipinski definition) is 1. The maximum atomic E-state index is 4.40. The van der Waals surface area contributed by atoms with Crippen LogP contribution >= 0.6 is 0 Å².